The van der Waals surface area contributed by atoms with Crippen LogP contribution in [0.4, 0.5) is 0 Å². The molecule has 0 heterocycles. The summed E-state index contributed by atoms with van der Waals surface area (Å²) in [5, 5.41) is 8.68. The van der Waals surface area contributed by atoms with Crippen LogP contribution in [0.15, 0.2) is 60.8 Å². The van der Waals surface area contributed by atoms with Crippen LogP contribution in [0, 0.1) is 0 Å². The molecule has 0 aliphatic rings. The second-order valence-corrected chi connectivity index (χ2v) is 8.49. The first-order chi connectivity index (χ1) is 16.6. The highest BCUT2D eigenvalue weighted by molar-refractivity contribution is 5.69. The summed E-state index contributed by atoms with van der Waals surface area (Å²) in [5.41, 5.74) is 0. The molecule has 0 aromatic heterocycles. The number of carboxylic acid groups (broad SMARTS) is 1. The number of carbonyl (C=O) groups is 2. The van der Waals surface area contributed by atoms with Gasteiger partial charge in [0, 0.05) is 12.8 Å². The molecule has 0 saturated carbocycles. The third-order valence-electron chi connectivity index (χ3n) is 5.23. The van der Waals surface area contributed by atoms with Crippen molar-refractivity contribution in [2.75, 3.05) is 0 Å². The van der Waals surface area contributed by atoms with Gasteiger partial charge in [0.15, 0.2) is 0 Å². The predicted octanol–water partition coefficient (Wildman–Crippen LogP) is 8.66. The maximum atomic E-state index is 12.1. The minimum absolute atomic E-state index is 0.0315. The molecule has 192 valence electrons. The summed E-state index contributed by atoms with van der Waals surface area (Å²) in [5.74, 6) is -0.861. The molecule has 0 bridgehead atoms. The Balaban J connectivity index is 3.79. The molecule has 1 unspecified atom stereocenters. The van der Waals surface area contributed by atoms with Crippen LogP contribution in [0.1, 0.15) is 110 Å². The topological polar surface area (TPSA) is 63.6 Å². The van der Waals surface area contributed by atoms with E-state index in [1.54, 1.807) is 0 Å². The lowest BCUT2D eigenvalue weighted by molar-refractivity contribution is -0.149. The molecule has 1 atom stereocenters. The van der Waals surface area contributed by atoms with Gasteiger partial charge in [-0.25, -0.2) is 0 Å². The molecule has 34 heavy (non-hydrogen) atoms. The van der Waals surface area contributed by atoms with E-state index < -0.39 is 5.97 Å². The number of hydrogen-bond donors (Lipinski definition) is 1. The number of aliphatic carboxylic acids is 1. The number of ether oxygens (including phenoxy) is 1. The van der Waals surface area contributed by atoms with Crippen molar-refractivity contribution in [3.63, 3.8) is 0 Å². The highest BCUT2D eigenvalue weighted by Gasteiger charge is 2.13. The lowest BCUT2D eigenvalue weighted by atomic mass is 10.1. The van der Waals surface area contributed by atoms with Gasteiger partial charge in [-0.3, -0.25) is 9.59 Å². The molecular formula is C30H48O4. The number of unbranched alkanes of at least 4 members (excludes halogenated alkanes) is 3. The minimum atomic E-state index is -0.746. The van der Waals surface area contributed by atoms with Crippen LogP contribution < -0.4 is 0 Å². The van der Waals surface area contributed by atoms with Crippen LogP contribution in [0.5, 0.6) is 0 Å². The Labute approximate surface area is 208 Å². The highest BCUT2D eigenvalue weighted by atomic mass is 16.5. The van der Waals surface area contributed by atoms with E-state index in [0.717, 1.165) is 77.0 Å². The Morgan fingerprint density at radius 1 is 0.676 bits per heavy atom. The minimum Gasteiger partial charge on any atom is -0.481 e. The van der Waals surface area contributed by atoms with Gasteiger partial charge in [0.05, 0.1) is 0 Å². The van der Waals surface area contributed by atoms with Crippen molar-refractivity contribution in [1.82, 2.24) is 0 Å². The average Bonchev–Trinajstić information content (AvgIpc) is 2.80. The fourth-order valence-electron chi connectivity index (χ4n) is 3.39. The maximum Gasteiger partial charge on any atom is 0.306 e. The van der Waals surface area contributed by atoms with Crippen molar-refractivity contribution in [2.24, 2.45) is 0 Å². The number of allylic oxidation sites excluding steroid dienone is 10. The first kappa shape index (κ1) is 31.6. The summed E-state index contributed by atoms with van der Waals surface area (Å²) >= 11 is 0. The van der Waals surface area contributed by atoms with Crippen LogP contribution in [-0.2, 0) is 14.3 Å². The van der Waals surface area contributed by atoms with E-state index in [2.05, 4.69) is 74.6 Å². The molecule has 0 saturated heterocycles. The van der Waals surface area contributed by atoms with Crippen molar-refractivity contribution < 1.29 is 19.4 Å². The van der Waals surface area contributed by atoms with Crippen molar-refractivity contribution in [3.05, 3.63) is 60.8 Å². The van der Waals surface area contributed by atoms with Gasteiger partial charge in [0.25, 0.3) is 0 Å². The smallest absolute Gasteiger partial charge is 0.306 e. The quantitative estimate of drug-likeness (QED) is 0.0972. The average molecular weight is 473 g/mol. The normalized spacial score (nSPS) is 13.2. The van der Waals surface area contributed by atoms with Gasteiger partial charge in [0.2, 0.25) is 0 Å². The van der Waals surface area contributed by atoms with Gasteiger partial charge in [-0.1, -0.05) is 87.4 Å². The number of rotatable bonds is 22. The molecule has 0 spiro atoms. The van der Waals surface area contributed by atoms with Crippen molar-refractivity contribution in [2.45, 2.75) is 116 Å². The van der Waals surface area contributed by atoms with E-state index in [-0.39, 0.29) is 18.5 Å². The Bertz CT molecular complexity index is 640. The summed E-state index contributed by atoms with van der Waals surface area (Å²) in [6.07, 6.45) is 34.3. The molecule has 4 heteroatoms. The van der Waals surface area contributed by atoms with Gasteiger partial charge < -0.3 is 9.84 Å². The van der Waals surface area contributed by atoms with Gasteiger partial charge in [-0.2, -0.15) is 0 Å². The van der Waals surface area contributed by atoms with E-state index in [4.69, 9.17) is 9.84 Å². The Hall–Kier alpha value is -2.36. The van der Waals surface area contributed by atoms with E-state index >= 15 is 0 Å². The lowest BCUT2D eigenvalue weighted by Gasteiger charge is -2.17. The number of esters is 1. The SMILES string of the molecule is CC/C=C\C/C=C\C/C=C\C/C=C\C/C=C\CCCC(=O)OC(CCC)CCCCCC(=O)O. The molecular weight excluding hydrogens is 424 g/mol. The summed E-state index contributed by atoms with van der Waals surface area (Å²) < 4.78 is 5.64. The highest BCUT2D eigenvalue weighted by Crippen LogP contribution is 2.14. The number of carboxylic acids is 1. The molecule has 0 aliphatic heterocycles. The molecule has 0 rings (SSSR count). The molecule has 0 amide bonds. The third kappa shape index (κ3) is 24.3. The lowest BCUT2D eigenvalue weighted by Crippen LogP contribution is -2.18. The van der Waals surface area contributed by atoms with Crippen LogP contribution >= 0.6 is 0 Å². The standard InChI is InChI=1S/C30H48O4/c1-3-5-6-7-8-9-10-11-12-13-14-15-16-17-18-19-23-27-30(33)34-28(24-4-2)25-21-20-22-26-29(31)32/h5-6,8-9,11-12,14-15,17-18,28H,3-4,7,10,13,16,19-27H2,1-2H3,(H,31,32)/b6-5-,9-8-,12-11-,15-14-,18-17-. The first-order valence-corrected chi connectivity index (χ1v) is 13.3. The molecule has 0 aliphatic carbocycles. The predicted molar refractivity (Wildman–Crippen MR) is 144 cm³/mol. The first-order valence-electron chi connectivity index (χ1n) is 13.3. The van der Waals surface area contributed by atoms with E-state index in [9.17, 15) is 9.59 Å². The summed E-state index contributed by atoms with van der Waals surface area (Å²) in [4.78, 5) is 22.7. The monoisotopic (exact) mass is 472 g/mol. The summed E-state index contributed by atoms with van der Waals surface area (Å²) in [6.45, 7) is 4.24. The molecule has 4 nitrogen and oxygen atoms in total. The molecule has 0 radical (unpaired) electrons. The molecule has 0 aromatic rings. The zero-order valence-corrected chi connectivity index (χ0v) is 21.6. The van der Waals surface area contributed by atoms with Crippen molar-refractivity contribution in [1.29, 1.82) is 0 Å². The second-order valence-electron chi connectivity index (χ2n) is 8.49. The van der Waals surface area contributed by atoms with E-state index in [1.165, 1.54) is 0 Å². The Morgan fingerprint density at radius 2 is 1.24 bits per heavy atom. The van der Waals surface area contributed by atoms with Gasteiger partial charge in [-0.15, -0.1) is 0 Å². The Kier molecular flexibility index (Phi) is 23.5. The van der Waals surface area contributed by atoms with Gasteiger partial charge >= 0.3 is 11.9 Å². The summed E-state index contributed by atoms with van der Waals surface area (Å²) in [6, 6.07) is 0. The zero-order valence-electron chi connectivity index (χ0n) is 21.6. The largest absolute Gasteiger partial charge is 0.481 e. The third-order valence-corrected chi connectivity index (χ3v) is 5.23. The van der Waals surface area contributed by atoms with E-state index in [0.29, 0.717) is 12.8 Å². The molecule has 0 aromatic carbocycles. The number of carbonyl (C=O) groups excluding carboxylic acids is 1. The van der Waals surface area contributed by atoms with Crippen molar-refractivity contribution in [3.8, 4) is 0 Å². The van der Waals surface area contributed by atoms with Gasteiger partial charge in [-0.05, 0) is 70.6 Å². The zero-order chi connectivity index (χ0) is 25.1. The maximum absolute atomic E-state index is 12.1. The fourth-order valence-corrected chi connectivity index (χ4v) is 3.39. The van der Waals surface area contributed by atoms with Crippen LogP contribution in [0.25, 0.3) is 0 Å². The van der Waals surface area contributed by atoms with Gasteiger partial charge in [0.1, 0.15) is 6.10 Å². The van der Waals surface area contributed by atoms with Crippen molar-refractivity contribution >= 4 is 11.9 Å². The van der Waals surface area contributed by atoms with Crippen LogP contribution in [-0.4, -0.2) is 23.1 Å². The Morgan fingerprint density at radius 3 is 1.76 bits per heavy atom. The molecule has 0 fully saturated rings. The van der Waals surface area contributed by atoms with Crippen LogP contribution in [0.2, 0.25) is 0 Å². The van der Waals surface area contributed by atoms with E-state index in [1.807, 2.05) is 0 Å². The fraction of sp³-hybridized carbons (Fsp3) is 0.600. The molecule has 1 N–H and O–H groups in total. The second kappa shape index (κ2) is 25.3. The van der Waals surface area contributed by atoms with Crippen LogP contribution in [0.3, 0.4) is 0 Å². The summed E-state index contributed by atoms with van der Waals surface area (Å²) in [7, 11) is 0. The number of hydrogen-bond acceptors (Lipinski definition) is 3.